The Labute approximate surface area is 109 Å². The van der Waals surface area contributed by atoms with Crippen LogP contribution in [0.1, 0.15) is 12.5 Å². The summed E-state index contributed by atoms with van der Waals surface area (Å²) in [6.45, 7) is 1.14. The van der Waals surface area contributed by atoms with Crippen LogP contribution in [-0.2, 0) is 20.7 Å². The first-order chi connectivity index (χ1) is 8.99. The van der Waals surface area contributed by atoms with Gasteiger partial charge in [-0.15, -0.1) is 0 Å². The number of benzene rings is 1. The van der Waals surface area contributed by atoms with Crippen molar-refractivity contribution in [3.63, 3.8) is 0 Å². The molecular weight excluding hydrogens is 248 g/mol. The summed E-state index contributed by atoms with van der Waals surface area (Å²) in [4.78, 5) is 22.1. The highest BCUT2D eigenvalue weighted by atomic mass is 16.6. The van der Waals surface area contributed by atoms with Gasteiger partial charge in [0, 0.05) is 24.9 Å². The van der Waals surface area contributed by atoms with Gasteiger partial charge in [-0.25, -0.2) is 4.79 Å². The van der Waals surface area contributed by atoms with E-state index >= 15 is 0 Å². The summed E-state index contributed by atoms with van der Waals surface area (Å²) in [5, 5.41) is 10.5. The average molecular weight is 262 g/mol. The number of para-hydroxylation sites is 1. The lowest BCUT2D eigenvalue weighted by atomic mass is 10.1. The molecule has 19 heavy (non-hydrogen) atoms. The fourth-order valence-corrected chi connectivity index (χ4v) is 1.93. The summed E-state index contributed by atoms with van der Waals surface area (Å²) in [6, 6.07) is 6.24. The van der Waals surface area contributed by atoms with Crippen LogP contribution in [-0.4, -0.2) is 27.9 Å². The molecule has 1 atom stereocenters. The van der Waals surface area contributed by atoms with Crippen molar-refractivity contribution in [1.29, 1.82) is 0 Å². The topological polar surface area (TPSA) is 94.5 Å². The van der Waals surface area contributed by atoms with Crippen molar-refractivity contribution in [2.24, 2.45) is 5.73 Å². The van der Waals surface area contributed by atoms with Gasteiger partial charge in [-0.2, -0.15) is 4.73 Å². The van der Waals surface area contributed by atoms with Gasteiger partial charge in [0.2, 0.25) is 0 Å². The van der Waals surface area contributed by atoms with E-state index in [1.165, 1.54) is 6.20 Å². The van der Waals surface area contributed by atoms with Crippen LogP contribution >= 0.6 is 0 Å². The average Bonchev–Trinajstić information content (AvgIpc) is 2.66. The van der Waals surface area contributed by atoms with Crippen molar-refractivity contribution < 1.29 is 19.5 Å². The van der Waals surface area contributed by atoms with Gasteiger partial charge in [-0.1, -0.05) is 18.2 Å². The molecule has 0 aliphatic rings. The fraction of sp³-hybridized carbons (Fsp3) is 0.231. The monoisotopic (exact) mass is 262 g/mol. The van der Waals surface area contributed by atoms with Gasteiger partial charge < -0.3 is 15.7 Å². The van der Waals surface area contributed by atoms with Gasteiger partial charge in [-0.3, -0.25) is 4.79 Å². The van der Waals surface area contributed by atoms with E-state index in [9.17, 15) is 14.8 Å². The maximum Gasteiger partial charge on any atom is 0.330 e. The standard InChI is InChI=1S/C13H14N2O4/c1-8(16)19-13(17)11(14)6-9-7-15(18)12-5-3-2-4-10(9)12/h2-5,7,11,18H,6,14H2,1H3. The van der Waals surface area contributed by atoms with Crippen LogP contribution in [0.25, 0.3) is 10.9 Å². The molecule has 0 spiro atoms. The van der Waals surface area contributed by atoms with E-state index in [0.717, 1.165) is 17.0 Å². The summed E-state index contributed by atoms with van der Waals surface area (Å²) < 4.78 is 5.41. The Morgan fingerprint density at radius 1 is 1.42 bits per heavy atom. The maximum atomic E-state index is 11.5. The van der Waals surface area contributed by atoms with Crippen molar-refractivity contribution >= 4 is 22.8 Å². The number of hydrogen-bond donors (Lipinski definition) is 2. The Morgan fingerprint density at radius 3 is 2.79 bits per heavy atom. The van der Waals surface area contributed by atoms with Gasteiger partial charge in [0.05, 0.1) is 5.52 Å². The molecule has 0 amide bonds. The molecule has 100 valence electrons. The SMILES string of the molecule is CC(=O)OC(=O)C(N)Cc1cn(O)c2ccccc12. The number of rotatable bonds is 3. The highest BCUT2D eigenvalue weighted by Gasteiger charge is 2.19. The first-order valence-corrected chi connectivity index (χ1v) is 5.75. The third-order valence-corrected chi connectivity index (χ3v) is 2.76. The van der Waals surface area contributed by atoms with Crippen molar-refractivity contribution in [3.05, 3.63) is 36.0 Å². The normalized spacial score (nSPS) is 12.3. The lowest BCUT2D eigenvalue weighted by Gasteiger charge is -2.08. The van der Waals surface area contributed by atoms with Crippen molar-refractivity contribution in [2.45, 2.75) is 19.4 Å². The molecule has 2 aromatic rings. The number of ether oxygens (including phenoxy) is 1. The quantitative estimate of drug-likeness (QED) is 0.485. The molecule has 0 bridgehead atoms. The zero-order valence-electron chi connectivity index (χ0n) is 10.4. The lowest BCUT2D eigenvalue weighted by molar-refractivity contribution is -0.159. The van der Waals surface area contributed by atoms with Crippen LogP contribution in [0.2, 0.25) is 0 Å². The molecule has 1 aromatic heterocycles. The predicted molar refractivity (Wildman–Crippen MR) is 67.6 cm³/mol. The molecule has 1 aromatic carbocycles. The number of hydrogen-bond acceptors (Lipinski definition) is 5. The maximum absolute atomic E-state index is 11.5. The van der Waals surface area contributed by atoms with Crippen LogP contribution in [0.4, 0.5) is 0 Å². The molecule has 3 N–H and O–H groups in total. The Hall–Kier alpha value is -2.34. The van der Waals surface area contributed by atoms with Crippen LogP contribution in [0.15, 0.2) is 30.5 Å². The summed E-state index contributed by atoms with van der Waals surface area (Å²) in [5.74, 6) is -1.47. The number of fused-ring (bicyclic) bond motifs is 1. The molecular formula is C13H14N2O4. The van der Waals surface area contributed by atoms with E-state index < -0.39 is 18.0 Å². The van der Waals surface area contributed by atoms with Gasteiger partial charge in [0.15, 0.2) is 0 Å². The number of carbonyl (C=O) groups excluding carboxylic acids is 2. The van der Waals surface area contributed by atoms with Crippen LogP contribution < -0.4 is 5.73 Å². The zero-order valence-corrected chi connectivity index (χ0v) is 10.4. The summed E-state index contributed by atoms with van der Waals surface area (Å²) >= 11 is 0. The second kappa shape index (κ2) is 5.11. The number of carbonyl (C=O) groups is 2. The Morgan fingerprint density at radius 2 is 2.11 bits per heavy atom. The smallest absolute Gasteiger partial charge is 0.330 e. The summed E-state index contributed by atoms with van der Waals surface area (Å²) in [5.41, 5.74) is 7.02. The Kier molecular flexibility index (Phi) is 3.52. The second-order valence-electron chi connectivity index (χ2n) is 4.24. The number of aromatic nitrogens is 1. The van der Waals surface area contributed by atoms with Crippen molar-refractivity contribution in [1.82, 2.24) is 4.73 Å². The highest BCUT2D eigenvalue weighted by molar-refractivity contribution is 5.89. The minimum atomic E-state index is -0.949. The van der Waals surface area contributed by atoms with Crippen molar-refractivity contribution in [3.8, 4) is 0 Å². The minimum Gasteiger partial charge on any atom is -0.428 e. The molecule has 2 rings (SSSR count). The minimum absolute atomic E-state index is 0.181. The van der Waals surface area contributed by atoms with Gasteiger partial charge in [0.25, 0.3) is 0 Å². The first kappa shape index (κ1) is 13.1. The molecule has 6 nitrogen and oxygen atoms in total. The highest BCUT2D eigenvalue weighted by Crippen LogP contribution is 2.21. The zero-order chi connectivity index (χ0) is 14.0. The Balaban J connectivity index is 2.22. The third-order valence-electron chi connectivity index (χ3n) is 2.76. The molecule has 0 aliphatic carbocycles. The molecule has 1 unspecified atom stereocenters. The number of esters is 2. The predicted octanol–water partition coefficient (Wildman–Crippen LogP) is 0.838. The van der Waals surface area contributed by atoms with Gasteiger partial charge in [0.1, 0.15) is 6.04 Å². The molecule has 0 saturated heterocycles. The van der Waals surface area contributed by atoms with Crippen molar-refractivity contribution in [2.75, 3.05) is 0 Å². The number of nitrogens with zero attached hydrogens (tertiary/aromatic N) is 1. The van der Waals surface area contributed by atoms with E-state index in [-0.39, 0.29) is 6.42 Å². The third kappa shape index (κ3) is 2.74. The summed E-state index contributed by atoms with van der Waals surface area (Å²) in [7, 11) is 0. The molecule has 6 heteroatoms. The molecule has 0 aliphatic heterocycles. The van der Waals surface area contributed by atoms with E-state index in [2.05, 4.69) is 4.74 Å². The largest absolute Gasteiger partial charge is 0.428 e. The van der Waals surface area contributed by atoms with Gasteiger partial charge in [-0.05, 0) is 11.6 Å². The summed E-state index contributed by atoms with van der Waals surface area (Å²) in [6.07, 6.45) is 1.67. The van der Waals surface area contributed by atoms with Crippen LogP contribution in [0, 0.1) is 0 Å². The van der Waals surface area contributed by atoms with E-state index in [4.69, 9.17) is 5.73 Å². The number of nitrogens with two attached hydrogens (primary N) is 1. The first-order valence-electron chi connectivity index (χ1n) is 5.75. The van der Waals surface area contributed by atoms with Crippen LogP contribution in [0.5, 0.6) is 0 Å². The fourth-order valence-electron chi connectivity index (χ4n) is 1.93. The van der Waals surface area contributed by atoms with E-state index in [1.807, 2.05) is 12.1 Å². The van der Waals surface area contributed by atoms with Crippen LogP contribution in [0.3, 0.4) is 0 Å². The lowest BCUT2D eigenvalue weighted by Crippen LogP contribution is -2.35. The second-order valence-corrected chi connectivity index (χ2v) is 4.24. The van der Waals surface area contributed by atoms with E-state index in [0.29, 0.717) is 11.1 Å². The Bertz CT molecular complexity index is 633. The molecule has 0 fully saturated rings. The molecule has 1 heterocycles. The molecule has 0 saturated carbocycles. The molecule has 0 radical (unpaired) electrons. The van der Waals surface area contributed by atoms with Gasteiger partial charge >= 0.3 is 11.9 Å². The van der Waals surface area contributed by atoms with E-state index in [1.54, 1.807) is 12.1 Å².